The van der Waals surface area contributed by atoms with Crippen LogP contribution in [0.15, 0.2) is 12.5 Å². The molecule has 1 rings (SSSR count). The Morgan fingerprint density at radius 1 is 1.57 bits per heavy atom. The second-order valence-corrected chi connectivity index (χ2v) is 5.14. The Kier molecular flexibility index (Phi) is 4.01. The average Bonchev–Trinajstić information content (AvgIpc) is 2.49. The summed E-state index contributed by atoms with van der Waals surface area (Å²) in [4.78, 5) is 4.13. The van der Waals surface area contributed by atoms with Gasteiger partial charge in [0, 0.05) is 35.5 Å². The van der Waals surface area contributed by atoms with Gasteiger partial charge in [-0.2, -0.15) is 11.8 Å². The first-order valence-electron chi connectivity index (χ1n) is 4.88. The van der Waals surface area contributed by atoms with E-state index in [1.807, 2.05) is 24.3 Å². The lowest BCUT2D eigenvalue weighted by Crippen LogP contribution is -2.34. The molecule has 0 atom stereocenters. The van der Waals surface area contributed by atoms with E-state index in [-0.39, 0.29) is 5.54 Å². The van der Waals surface area contributed by atoms with Gasteiger partial charge in [-0.1, -0.05) is 0 Å². The van der Waals surface area contributed by atoms with Crippen molar-refractivity contribution in [1.29, 1.82) is 0 Å². The summed E-state index contributed by atoms with van der Waals surface area (Å²) in [5.41, 5.74) is 7.10. The highest BCUT2D eigenvalue weighted by Gasteiger charge is 2.10. The van der Waals surface area contributed by atoms with Gasteiger partial charge in [-0.05, 0) is 20.8 Å². The summed E-state index contributed by atoms with van der Waals surface area (Å²) in [6.07, 6.45) is 3.81. The van der Waals surface area contributed by atoms with Crippen LogP contribution in [0.25, 0.3) is 0 Å². The smallest absolute Gasteiger partial charge is 0.0948 e. The van der Waals surface area contributed by atoms with Gasteiger partial charge < -0.3 is 10.3 Å². The van der Waals surface area contributed by atoms with E-state index in [4.69, 9.17) is 5.73 Å². The zero-order valence-corrected chi connectivity index (χ0v) is 9.97. The highest BCUT2D eigenvalue weighted by molar-refractivity contribution is 7.98. The molecule has 3 nitrogen and oxygen atoms in total. The van der Waals surface area contributed by atoms with Crippen molar-refractivity contribution in [3.05, 3.63) is 18.2 Å². The van der Waals surface area contributed by atoms with E-state index < -0.39 is 0 Å². The summed E-state index contributed by atoms with van der Waals surface area (Å²) in [5.74, 6) is 1.97. The van der Waals surface area contributed by atoms with Crippen molar-refractivity contribution >= 4 is 11.8 Å². The molecular formula is C10H19N3S. The van der Waals surface area contributed by atoms with Crippen molar-refractivity contribution in [2.24, 2.45) is 5.73 Å². The van der Waals surface area contributed by atoms with Crippen LogP contribution in [0.5, 0.6) is 0 Å². The highest BCUT2D eigenvalue weighted by Crippen LogP contribution is 2.15. The van der Waals surface area contributed by atoms with Crippen molar-refractivity contribution in [3.63, 3.8) is 0 Å². The van der Waals surface area contributed by atoms with Gasteiger partial charge in [-0.3, -0.25) is 0 Å². The molecule has 0 saturated heterocycles. The Morgan fingerprint density at radius 2 is 2.29 bits per heavy atom. The van der Waals surface area contributed by atoms with E-state index in [1.165, 1.54) is 5.69 Å². The molecule has 0 aliphatic carbocycles. The highest BCUT2D eigenvalue weighted by atomic mass is 32.2. The van der Waals surface area contributed by atoms with Gasteiger partial charge in [0.1, 0.15) is 0 Å². The fourth-order valence-electron chi connectivity index (χ4n) is 1.17. The van der Waals surface area contributed by atoms with Crippen LogP contribution in [0.4, 0.5) is 0 Å². The number of thioether (sulfide) groups is 1. The summed E-state index contributed by atoms with van der Waals surface area (Å²) >= 11 is 1.86. The minimum Gasteiger partial charge on any atom is -0.334 e. The number of rotatable bonds is 5. The predicted octanol–water partition coefficient (Wildman–Crippen LogP) is 1.87. The van der Waals surface area contributed by atoms with Crippen molar-refractivity contribution in [2.75, 3.05) is 5.75 Å². The van der Waals surface area contributed by atoms with Crippen LogP contribution in [0.2, 0.25) is 0 Å². The summed E-state index contributed by atoms with van der Waals surface area (Å²) in [6, 6.07) is 0. The van der Waals surface area contributed by atoms with Gasteiger partial charge in [0.25, 0.3) is 0 Å². The first kappa shape index (κ1) is 11.6. The zero-order valence-electron chi connectivity index (χ0n) is 9.16. The molecule has 0 radical (unpaired) electrons. The number of imidazole rings is 1. The number of nitrogens with zero attached hydrogens (tertiary/aromatic N) is 2. The molecule has 0 saturated carbocycles. The van der Waals surface area contributed by atoms with E-state index in [0.717, 1.165) is 18.1 Å². The average molecular weight is 213 g/mol. The second kappa shape index (κ2) is 4.84. The standard InChI is InChI=1S/C10H19N3S/c1-4-13-8-12-5-9(13)6-14-7-10(2,3)11/h5,8H,4,6-7,11H2,1-3H3. The van der Waals surface area contributed by atoms with Crippen molar-refractivity contribution in [2.45, 2.75) is 38.6 Å². The first-order chi connectivity index (χ1) is 6.53. The number of nitrogens with two attached hydrogens (primary N) is 1. The van der Waals surface area contributed by atoms with Crippen LogP contribution in [0, 0.1) is 0 Å². The van der Waals surface area contributed by atoms with Gasteiger partial charge in [-0.15, -0.1) is 0 Å². The van der Waals surface area contributed by atoms with Crippen molar-refractivity contribution < 1.29 is 0 Å². The molecule has 1 aromatic heterocycles. The van der Waals surface area contributed by atoms with Gasteiger partial charge in [-0.25, -0.2) is 4.98 Å². The molecule has 80 valence electrons. The largest absolute Gasteiger partial charge is 0.334 e. The molecule has 1 heterocycles. The number of hydrogen-bond acceptors (Lipinski definition) is 3. The minimum absolute atomic E-state index is 0.0816. The van der Waals surface area contributed by atoms with E-state index in [0.29, 0.717) is 0 Å². The van der Waals surface area contributed by atoms with Crippen LogP contribution in [0.1, 0.15) is 26.5 Å². The fraction of sp³-hybridized carbons (Fsp3) is 0.700. The second-order valence-electron chi connectivity index (χ2n) is 4.15. The SMILES string of the molecule is CCn1cncc1CSCC(C)(C)N. The molecule has 4 heteroatoms. The Balaban J connectivity index is 2.38. The molecule has 0 spiro atoms. The Hall–Kier alpha value is -0.480. The van der Waals surface area contributed by atoms with Crippen LogP contribution in [-0.2, 0) is 12.3 Å². The summed E-state index contributed by atoms with van der Waals surface area (Å²) in [6.45, 7) is 7.22. The Labute approximate surface area is 90.1 Å². The van der Waals surface area contributed by atoms with Crippen molar-refractivity contribution in [1.82, 2.24) is 9.55 Å². The lowest BCUT2D eigenvalue weighted by Gasteiger charge is -2.17. The molecule has 0 unspecified atom stereocenters. The quantitative estimate of drug-likeness (QED) is 0.812. The molecule has 0 fully saturated rings. The third-order valence-electron chi connectivity index (χ3n) is 1.86. The van der Waals surface area contributed by atoms with Gasteiger partial charge in [0.05, 0.1) is 6.33 Å². The summed E-state index contributed by atoms with van der Waals surface area (Å²) in [7, 11) is 0. The Bertz CT molecular complexity index is 275. The summed E-state index contributed by atoms with van der Waals surface area (Å²) in [5, 5.41) is 0. The first-order valence-corrected chi connectivity index (χ1v) is 6.04. The van der Waals surface area contributed by atoms with Crippen LogP contribution in [-0.4, -0.2) is 20.8 Å². The van der Waals surface area contributed by atoms with Crippen LogP contribution < -0.4 is 5.73 Å². The molecule has 0 amide bonds. The number of aromatic nitrogens is 2. The normalized spacial score (nSPS) is 12.0. The molecule has 1 aromatic rings. The maximum absolute atomic E-state index is 5.90. The van der Waals surface area contributed by atoms with Crippen molar-refractivity contribution in [3.8, 4) is 0 Å². The molecule has 0 aliphatic rings. The fourth-order valence-corrected chi connectivity index (χ4v) is 2.25. The lowest BCUT2D eigenvalue weighted by atomic mass is 10.1. The van der Waals surface area contributed by atoms with Gasteiger partial charge in [0.2, 0.25) is 0 Å². The van der Waals surface area contributed by atoms with Gasteiger partial charge in [0.15, 0.2) is 0 Å². The number of aryl methyl sites for hydroxylation is 1. The molecule has 0 aromatic carbocycles. The van der Waals surface area contributed by atoms with E-state index >= 15 is 0 Å². The topological polar surface area (TPSA) is 43.8 Å². The molecule has 0 bridgehead atoms. The van der Waals surface area contributed by atoms with Crippen LogP contribution >= 0.6 is 11.8 Å². The maximum Gasteiger partial charge on any atom is 0.0948 e. The molecule has 14 heavy (non-hydrogen) atoms. The zero-order chi connectivity index (χ0) is 10.6. The molecular weight excluding hydrogens is 194 g/mol. The minimum atomic E-state index is -0.0816. The monoisotopic (exact) mass is 213 g/mol. The third-order valence-corrected chi connectivity index (χ3v) is 3.31. The van der Waals surface area contributed by atoms with Gasteiger partial charge >= 0.3 is 0 Å². The molecule has 0 aliphatic heterocycles. The third kappa shape index (κ3) is 3.72. The summed E-state index contributed by atoms with van der Waals surface area (Å²) < 4.78 is 2.16. The Morgan fingerprint density at radius 3 is 2.86 bits per heavy atom. The lowest BCUT2D eigenvalue weighted by molar-refractivity contribution is 0.591. The molecule has 2 N–H and O–H groups in total. The van der Waals surface area contributed by atoms with E-state index in [9.17, 15) is 0 Å². The van der Waals surface area contributed by atoms with Crippen LogP contribution in [0.3, 0.4) is 0 Å². The van der Waals surface area contributed by atoms with E-state index in [2.05, 4.69) is 30.3 Å². The van der Waals surface area contributed by atoms with E-state index in [1.54, 1.807) is 0 Å². The number of hydrogen-bond donors (Lipinski definition) is 1. The maximum atomic E-state index is 5.90. The predicted molar refractivity (Wildman–Crippen MR) is 62.3 cm³/mol.